The first-order valence-corrected chi connectivity index (χ1v) is 4.21. The van der Waals surface area contributed by atoms with Crippen LogP contribution in [-0.2, 0) is 9.59 Å². The fourth-order valence-corrected chi connectivity index (χ4v) is 1.39. The van der Waals surface area contributed by atoms with Crippen LogP contribution >= 0.6 is 0 Å². The van der Waals surface area contributed by atoms with Crippen LogP contribution in [0.4, 0.5) is 0 Å². The van der Waals surface area contributed by atoms with Crippen LogP contribution in [0.15, 0.2) is 0 Å². The number of primary amides is 1. The topological polar surface area (TPSA) is 63.4 Å². The van der Waals surface area contributed by atoms with E-state index in [1.165, 1.54) is 0 Å². The summed E-state index contributed by atoms with van der Waals surface area (Å²) in [6.45, 7) is 2.34. The Labute approximate surface area is 71.7 Å². The van der Waals surface area contributed by atoms with Gasteiger partial charge in [-0.25, -0.2) is 0 Å². The third-order valence-electron chi connectivity index (χ3n) is 2.24. The molecule has 0 saturated carbocycles. The van der Waals surface area contributed by atoms with Gasteiger partial charge in [0.05, 0.1) is 0 Å². The number of amides is 2. The Morgan fingerprint density at radius 1 is 1.58 bits per heavy atom. The third kappa shape index (κ3) is 1.75. The number of nitrogens with two attached hydrogens (primary N) is 1. The lowest BCUT2D eigenvalue weighted by molar-refractivity contribution is -0.140. The van der Waals surface area contributed by atoms with E-state index in [9.17, 15) is 9.59 Å². The van der Waals surface area contributed by atoms with E-state index in [1.807, 2.05) is 0 Å². The molecule has 0 aromatic heterocycles. The van der Waals surface area contributed by atoms with Crippen molar-refractivity contribution in [3.8, 4) is 0 Å². The van der Waals surface area contributed by atoms with Crippen molar-refractivity contribution in [2.24, 2.45) is 5.73 Å². The molecule has 0 spiro atoms. The Hall–Kier alpha value is -1.06. The molecule has 0 bridgehead atoms. The average molecular weight is 170 g/mol. The second-order valence-corrected chi connectivity index (χ2v) is 3.12. The molecule has 68 valence electrons. The van der Waals surface area contributed by atoms with Crippen LogP contribution < -0.4 is 5.73 Å². The Kier molecular flexibility index (Phi) is 2.68. The highest BCUT2D eigenvalue weighted by Crippen LogP contribution is 2.13. The van der Waals surface area contributed by atoms with Gasteiger partial charge in [0, 0.05) is 13.0 Å². The first-order valence-electron chi connectivity index (χ1n) is 4.21. The summed E-state index contributed by atoms with van der Waals surface area (Å²) in [7, 11) is 0. The molecule has 0 aliphatic carbocycles. The lowest BCUT2D eigenvalue weighted by atomic mass is 10.1. The van der Waals surface area contributed by atoms with E-state index < -0.39 is 11.9 Å². The number of nitrogens with zero attached hydrogens (tertiary/aromatic N) is 1. The predicted octanol–water partition coefficient (Wildman–Crippen LogP) is -0.127. The molecule has 4 heteroatoms. The molecule has 1 aliphatic heterocycles. The van der Waals surface area contributed by atoms with Crippen molar-refractivity contribution in [1.82, 2.24) is 4.90 Å². The minimum Gasteiger partial charge on any atom is -0.368 e. The third-order valence-corrected chi connectivity index (χ3v) is 2.24. The first kappa shape index (κ1) is 9.03. The molecule has 2 amide bonds. The molecule has 12 heavy (non-hydrogen) atoms. The van der Waals surface area contributed by atoms with Gasteiger partial charge in [0.1, 0.15) is 6.04 Å². The Balaban J connectivity index is 2.59. The van der Waals surface area contributed by atoms with Crippen LogP contribution in [-0.4, -0.2) is 29.3 Å². The molecule has 2 N–H and O–H groups in total. The minimum absolute atomic E-state index is 0.0487. The van der Waals surface area contributed by atoms with Crippen LogP contribution in [0.3, 0.4) is 0 Å². The molecular formula is C8H14N2O2. The summed E-state index contributed by atoms with van der Waals surface area (Å²) in [5.74, 6) is -0.377. The quantitative estimate of drug-likeness (QED) is 0.627. The number of hydrogen-bond acceptors (Lipinski definition) is 2. The summed E-state index contributed by atoms with van der Waals surface area (Å²) in [5, 5.41) is 0. The molecule has 0 radical (unpaired) electrons. The maximum absolute atomic E-state index is 11.3. The van der Waals surface area contributed by atoms with Crippen molar-refractivity contribution in [2.75, 3.05) is 6.54 Å². The van der Waals surface area contributed by atoms with E-state index in [-0.39, 0.29) is 5.91 Å². The van der Waals surface area contributed by atoms with Crippen LogP contribution in [0.5, 0.6) is 0 Å². The maximum atomic E-state index is 11.3. The molecule has 1 fully saturated rings. The molecule has 0 aromatic carbocycles. The lowest BCUT2D eigenvalue weighted by Crippen LogP contribution is -2.48. The zero-order chi connectivity index (χ0) is 9.14. The van der Waals surface area contributed by atoms with Crippen molar-refractivity contribution in [3.05, 3.63) is 0 Å². The number of piperidine rings is 1. The molecule has 1 heterocycles. The van der Waals surface area contributed by atoms with E-state index in [0.29, 0.717) is 13.0 Å². The number of carbonyl (C=O) groups is 2. The molecule has 1 rings (SSSR count). The smallest absolute Gasteiger partial charge is 0.239 e. The van der Waals surface area contributed by atoms with Crippen molar-refractivity contribution in [3.63, 3.8) is 0 Å². The van der Waals surface area contributed by atoms with Crippen molar-refractivity contribution in [1.29, 1.82) is 0 Å². The monoisotopic (exact) mass is 170 g/mol. The van der Waals surface area contributed by atoms with Gasteiger partial charge in [0.15, 0.2) is 0 Å². The maximum Gasteiger partial charge on any atom is 0.239 e. The Bertz CT molecular complexity index is 203. The molecule has 1 saturated heterocycles. The van der Waals surface area contributed by atoms with Crippen LogP contribution in [0, 0.1) is 0 Å². The number of carbonyl (C=O) groups excluding carboxylic acids is 2. The van der Waals surface area contributed by atoms with E-state index in [1.54, 1.807) is 11.8 Å². The van der Waals surface area contributed by atoms with E-state index in [4.69, 9.17) is 5.73 Å². The normalized spacial score (nSPS) is 20.8. The van der Waals surface area contributed by atoms with Gasteiger partial charge in [-0.15, -0.1) is 0 Å². The molecule has 1 aliphatic rings. The van der Waals surface area contributed by atoms with Gasteiger partial charge in [0.2, 0.25) is 11.8 Å². The van der Waals surface area contributed by atoms with Gasteiger partial charge in [-0.3, -0.25) is 9.59 Å². The highest BCUT2D eigenvalue weighted by atomic mass is 16.2. The van der Waals surface area contributed by atoms with Crippen molar-refractivity contribution < 1.29 is 9.59 Å². The fourth-order valence-electron chi connectivity index (χ4n) is 1.39. The van der Waals surface area contributed by atoms with Gasteiger partial charge in [0.25, 0.3) is 0 Å². The summed E-state index contributed by atoms with van der Waals surface area (Å²) in [4.78, 5) is 23.6. The van der Waals surface area contributed by atoms with Crippen molar-refractivity contribution >= 4 is 11.8 Å². The lowest BCUT2D eigenvalue weighted by Gasteiger charge is -2.30. The second-order valence-electron chi connectivity index (χ2n) is 3.12. The zero-order valence-electron chi connectivity index (χ0n) is 7.25. The summed E-state index contributed by atoms with van der Waals surface area (Å²) in [6, 6.07) is -0.446. The Morgan fingerprint density at radius 3 is 2.75 bits per heavy atom. The first-order chi connectivity index (χ1) is 5.63. The van der Waals surface area contributed by atoms with Gasteiger partial charge in [-0.05, 0) is 19.8 Å². The number of likely N-dealkylation sites (tertiary alicyclic amines) is 1. The van der Waals surface area contributed by atoms with Crippen molar-refractivity contribution in [2.45, 2.75) is 32.2 Å². The van der Waals surface area contributed by atoms with E-state index >= 15 is 0 Å². The number of hydrogen-bond donors (Lipinski definition) is 1. The standard InChI is InChI=1S/C8H14N2O2/c1-6(8(9)12)10-5-3-2-4-7(10)11/h6H,2-5H2,1H3,(H2,9,12). The molecule has 0 aromatic rings. The highest BCUT2D eigenvalue weighted by molar-refractivity contribution is 5.86. The number of rotatable bonds is 2. The zero-order valence-corrected chi connectivity index (χ0v) is 7.25. The second kappa shape index (κ2) is 3.56. The molecular weight excluding hydrogens is 156 g/mol. The van der Waals surface area contributed by atoms with Gasteiger partial charge in [-0.1, -0.05) is 0 Å². The van der Waals surface area contributed by atoms with E-state index in [0.717, 1.165) is 12.8 Å². The largest absolute Gasteiger partial charge is 0.368 e. The van der Waals surface area contributed by atoms with Gasteiger partial charge in [-0.2, -0.15) is 0 Å². The summed E-state index contributed by atoms with van der Waals surface area (Å²) >= 11 is 0. The van der Waals surface area contributed by atoms with Gasteiger partial charge < -0.3 is 10.6 Å². The van der Waals surface area contributed by atoms with Crippen LogP contribution in [0.1, 0.15) is 26.2 Å². The Morgan fingerprint density at radius 2 is 2.25 bits per heavy atom. The summed E-state index contributed by atoms with van der Waals surface area (Å²) < 4.78 is 0. The summed E-state index contributed by atoms with van der Waals surface area (Å²) in [6.07, 6.45) is 2.46. The minimum atomic E-state index is -0.446. The summed E-state index contributed by atoms with van der Waals surface area (Å²) in [5.41, 5.74) is 5.10. The predicted molar refractivity (Wildman–Crippen MR) is 44.2 cm³/mol. The van der Waals surface area contributed by atoms with Crippen LogP contribution in [0.25, 0.3) is 0 Å². The van der Waals surface area contributed by atoms with E-state index in [2.05, 4.69) is 0 Å². The molecule has 1 unspecified atom stereocenters. The molecule has 1 atom stereocenters. The van der Waals surface area contributed by atoms with Crippen LogP contribution in [0.2, 0.25) is 0 Å². The fraction of sp³-hybridized carbons (Fsp3) is 0.750. The highest BCUT2D eigenvalue weighted by Gasteiger charge is 2.25. The average Bonchev–Trinajstić information content (AvgIpc) is 2.04. The molecule has 4 nitrogen and oxygen atoms in total. The van der Waals surface area contributed by atoms with Gasteiger partial charge >= 0.3 is 0 Å². The SMILES string of the molecule is CC(C(N)=O)N1CCCCC1=O.